The zero-order chi connectivity index (χ0) is 17.2. The van der Waals surface area contributed by atoms with Crippen LogP contribution < -0.4 is 10.9 Å². The van der Waals surface area contributed by atoms with Gasteiger partial charge in [0.1, 0.15) is 5.75 Å². The number of phenols is 1. The molecular formula is C21H16N2O2. The van der Waals surface area contributed by atoms with Crippen LogP contribution in [-0.4, -0.2) is 11.0 Å². The summed E-state index contributed by atoms with van der Waals surface area (Å²) in [4.78, 5) is 12.4. The van der Waals surface area contributed by atoms with Crippen molar-refractivity contribution in [3.05, 3.63) is 84.4 Å². The topological polar surface area (TPSA) is 61.4 Å². The Kier molecular flexibility index (Phi) is 3.71. The molecule has 25 heavy (non-hydrogen) atoms. The maximum absolute atomic E-state index is 12.4. The zero-order valence-electron chi connectivity index (χ0n) is 13.4. The van der Waals surface area contributed by atoms with Gasteiger partial charge in [-0.05, 0) is 57.9 Å². The van der Waals surface area contributed by atoms with Crippen molar-refractivity contribution in [3.8, 4) is 5.75 Å². The van der Waals surface area contributed by atoms with E-state index in [0.29, 0.717) is 0 Å². The van der Waals surface area contributed by atoms with Gasteiger partial charge in [-0.25, -0.2) is 0 Å². The highest BCUT2D eigenvalue weighted by Crippen LogP contribution is 2.29. The standard InChI is InChI=1S/C21H16N2O2/c24-20-13-17-11-15-7-5-4-6-14(15)10-16(17)12-19(20)21(25)23-22-18-8-2-1-3-9-18/h1-13,22,24H,(H,23,25). The van der Waals surface area contributed by atoms with Crippen LogP contribution in [-0.2, 0) is 0 Å². The second kappa shape index (κ2) is 6.17. The van der Waals surface area contributed by atoms with Crippen LogP contribution in [0.25, 0.3) is 21.5 Å². The van der Waals surface area contributed by atoms with Crippen molar-refractivity contribution >= 4 is 33.1 Å². The molecule has 1 amide bonds. The van der Waals surface area contributed by atoms with Crippen LogP contribution >= 0.6 is 0 Å². The summed E-state index contributed by atoms with van der Waals surface area (Å²) in [6.07, 6.45) is 0. The van der Waals surface area contributed by atoms with E-state index in [1.807, 2.05) is 66.7 Å². The summed E-state index contributed by atoms with van der Waals surface area (Å²) in [5.41, 5.74) is 6.44. The van der Waals surface area contributed by atoms with Gasteiger partial charge in [-0.2, -0.15) is 0 Å². The van der Waals surface area contributed by atoms with Gasteiger partial charge in [0.2, 0.25) is 0 Å². The maximum atomic E-state index is 12.4. The lowest BCUT2D eigenvalue weighted by molar-refractivity contribution is 0.0960. The van der Waals surface area contributed by atoms with E-state index in [-0.39, 0.29) is 11.3 Å². The number of hydrazine groups is 1. The molecule has 0 aliphatic carbocycles. The molecule has 0 aromatic heterocycles. The SMILES string of the molecule is O=C(NNc1ccccc1)c1cc2cc3ccccc3cc2cc1O. The van der Waals surface area contributed by atoms with E-state index >= 15 is 0 Å². The third-order valence-electron chi connectivity index (χ3n) is 4.16. The van der Waals surface area contributed by atoms with Crippen molar-refractivity contribution in [1.82, 2.24) is 5.43 Å². The Morgan fingerprint density at radius 1 is 0.720 bits per heavy atom. The Morgan fingerprint density at radius 2 is 1.32 bits per heavy atom. The van der Waals surface area contributed by atoms with Crippen molar-refractivity contribution in [2.24, 2.45) is 0 Å². The summed E-state index contributed by atoms with van der Waals surface area (Å²) in [5, 5.41) is 14.2. The summed E-state index contributed by atoms with van der Waals surface area (Å²) in [6, 6.07) is 24.7. The number of anilines is 1. The molecular weight excluding hydrogens is 312 g/mol. The van der Waals surface area contributed by atoms with E-state index in [2.05, 4.69) is 10.9 Å². The molecule has 4 aromatic carbocycles. The molecule has 0 aliphatic heterocycles. The number of hydrogen-bond acceptors (Lipinski definition) is 3. The molecule has 0 aliphatic rings. The first-order valence-electron chi connectivity index (χ1n) is 7.98. The number of benzene rings is 4. The summed E-state index contributed by atoms with van der Waals surface area (Å²) in [6.45, 7) is 0. The largest absolute Gasteiger partial charge is 0.507 e. The third kappa shape index (κ3) is 2.97. The molecule has 4 rings (SSSR count). The Hall–Kier alpha value is -3.53. The summed E-state index contributed by atoms with van der Waals surface area (Å²) in [5.74, 6) is -0.438. The molecule has 0 heterocycles. The van der Waals surface area contributed by atoms with Crippen LogP contribution in [0, 0.1) is 0 Å². The fourth-order valence-corrected chi connectivity index (χ4v) is 2.88. The van der Waals surface area contributed by atoms with Gasteiger partial charge in [0.25, 0.3) is 5.91 Å². The zero-order valence-corrected chi connectivity index (χ0v) is 13.4. The summed E-state index contributed by atoms with van der Waals surface area (Å²) < 4.78 is 0. The lowest BCUT2D eigenvalue weighted by atomic mass is 10.0. The predicted molar refractivity (Wildman–Crippen MR) is 101 cm³/mol. The normalized spacial score (nSPS) is 10.7. The molecule has 4 nitrogen and oxygen atoms in total. The molecule has 0 saturated carbocycles. The van der Waals surface area contributed by atoms with Gasteiger partial charge in [0.05, 0.1) is 11.3 Å². The lowest BCUT2D eigenvalue weighted by Crippen LogP contribution is -2.29. The summed E-state index contributed by atoms with van der Waals surface area (Å²) >= 11 is 0. The van der Waals surface area contributed by atoms with Gasteiger partial charge in [0, 0.05) is 0 Å². The van der Waals surface area contributed by atoms with E-state index in [0.717, 1.165) is 27.2 Å². The van der Waals surface area contributed by atoms with Crippen molar-refractivity contribution < 1.29 is 9.90 Å². The van der Waals surface area contributed by atoms with Crippen molar-refractivity contribution in [1.29, 1.82) is 0 Å². The number of amides is 1. The molecule has 0 atom stereocenters. The first-order chi connectivity index (χ1) is 12.2. The number of aromatic hydroxyl groups is 1. The highest BCUT2D eigenvalue weighted by molar-refractivity contribution is 6.05. The van der Waals surface area contributed by atoms with Gasteiger partial charge in [-0.3, -0.25) is 15.6 Å². The number of fused-ring (bicyclic) bond motifs is 2. The molecule has 0 radical (unpaired) electrons. The number of para-hydroxylation sites is 1. The van der Waals surface area contributed by atoms with Crippen molar-refractivity contribution in [2.45, 2.75) is 0 Å². The second-order valence-electron chi connectivity index (χ2n) is 5.86. The van der Waals surface area contributed by atoms with Crippen molar-refractivity contribution in [3.63, 3.8) is 0 Å². The lowest BCUT2D eigenvalue weighted by Gasteiger charge is -2.11. The molecule has 0 fully saturated rings. The van der Waals surface area contributed by atoms with Gasteiger partial charge in [0.15, 0.2) is 0 Å². The molecule has 0 unspecified atom stereocenters. The fourth-order valence-electron chi connectivity index (χ4n) is 2.88. The number of phenolic OH excluding ortho intramolecular Hbond substituents is 1. The van der Waals surface area contributed by atoms with Crippen LogP contribution in [0.3, 0.4) is 0 Å². The first kappa shape index (κ1) is 15.0. The van der Waals surface area contributed by atoms with Crippen LogP contribution in [0.15, 0.2) is 78.9 Å². The Morgan fingerprint density at radius 3 is 2.00 bits per heavy atom. The number of nitrogens with one attached hydrogen (secondary N) is 2. The van der Waals surface area contributed by atoms with Crippen LogP contribution in [0.1, 0.15) is 10.4 Å². The minimum atomic E-state index is -0.392. The molecule has 0 spiro atoms. The second-order valence-corrected chi connectivity index (χ2v) is 5.86. The monoisotopic (exact) mass is 328 g/mol. The van der Waals surface area contributed by atoms with E-state index in [9.17, 15) is 9.90 Å². The maximum Gasteiger partial charge on any atom is 0.273 e. The molecule has 3 N–H and O–H groups in total. The highest BCUT2D eigenvalue weighted by atomic mass is 16.3. The molecule has 0 saturated heterocycles. The smallest absolute Gasteiger partial charge is 0.273 e. The van der Waals surface area contributed by atoms with E-state index in [1.54, 1.807) is 12.1 Å². The number of rotatable bonds is 3. The van der Waals surface area contributed by atoms with E-state index in [1.165, 1.54) is 0 Å². The first-order valence-corrected chi connectivity index (χ1v) is 7.98. The average Bonchev–Trinajstić information content (AvgIpc) is 2.65. The minimum absolute atomic E-state index is 0.0462. The number of carbonyl (C=O) groups is 1. The number of carbonyl (C=O) groups excluding carboxylic acids is 1. The molecule has 122 valence electrons. The molecule has 4 heteroatoms. The van der Waals surface area contributed by atoms with E-state index < -0.39 is 5.91 Å². The average molecular weight is 328 g/mol. The molecule has 4 aromatic rings. The Balaban J connectivity index is 1.67. The van der Waals surface area contributed by atoms with Crippen LogP contribution in [0.5, 0.6) is 5.75 Å². The van der Waals surface area contributed by atoms with Crippen LogP contribution in [0.2, 0.25) is 0 Å². The Bertz CT molecular complexity index is 1080. The number of hydrogen-bond donors (Lipinski definition) is 3. The van der Waals surface area contributed by atoms with Gasteiger partial charge in [-0.1, -0.05) is 42.5 Å². The quantitative estimate of drug-likeness (QED) is 0.384. The predicted octanol–water partition coefficient (Wildman–Crippen LogP) is 4.46. The fraction of sp³-hybridized carbons (Fsp3) is 0. The van der Waals surface area contributed by atoms with Crippen molar-refractivity contribution in [2.75, 3.05) is 5.43 Å². The minimum Gasteiger partial charge on any atom is -0.507 e. The van der Waals surface area contributed by atoms with Gasteiger partial charge < -0.3 is 5.11 Å². The molecule has 0 bridgehead atoms. The van der Waals surface area contributed by atoms with Gasteiger partial charge in [-0.15, -0.1) is 0 Å². The van der Waals surface area contributed by atoms with Gasteiger partial charge >= 0.3 is 0 Å². The summed E-state index contributed by atoms with van der Waals surface area (Å²) in [7, 11) is 0. The van der Waals surface area contributed by atoms with Crippen LogP contribution in [0.4, 0.5) is 5.69 Å². The Labute approximate surface area is 144 Å². The highest BCUT2D eigenvalue weighted by Gasteiger charge is 2.13. The van der Waals surface area contributed by atoms with E-state index in [4.69, 9.17) is 0 Å². The third-order valence-corrected chi connectivity index (χ3v) is 4.16.